The van der Waals surface area contributed by atoms with Crippen LogP contribution in [0.3, 0.4) is 0 Å². The molecule has 2 aliphatic rings. The fourth-order valence-corrected chi connectivity index (χ4v) is 12.3. The molecule has 3 aromatic rings. The zero-order valence-corrected chi connectivity index (χ0v) is 26.7. The summed E-state index contributed by atoms with van der Waals surface area (Å²) >= 11 is 0. The van der Waals surface area contributed by atoms with Crippen LogP contribution in [0.4, 0.5) is 8.78 Å². The number of aromatic nitrogens is 3. The largest absolute Gasteiger partial charge is 0.543 e. The summed E-state index contributed by atoms with van der Waals surface area (Å²) in [7, 11) is -2.36. The number of nitrogens with zero attached hydrogens (tertiary/aromatic N) is 3. The van der Waals surface area contributed by atoms with Crippen LogP contribution in [-0.4, -0.2) is 47.0 Å². The number of ketones is 1. The van der Waals surface area contributed by atoms with Gasteiger partial charge in [-0.1, -0.05) is 47.6 Å². The van der Waals surface area contributed by atoms with E-state index in [0.29, 0.717) is 33.5 Å². The van der Waals surface area contributed by atoms with Crippen molar-refractivity contribution < 1.29 is 22.7 Å². The second-order valence-electron chi connectivity index (χ2n) is 12.5. The fourth-order valence-electron chi connectivity index (χ4n) is 7.10. The summed E-state index contributed by atoms with van der Waals surface area (Å²) in [6, 6.07) is 10.4. The summed E-state index contributed by atoms with van der Waals surface area (Å²) in [5.41, 5.74) is -0.852. The molecular weight excluding hydrogens is 572 g/mol. The molecule has 1 aromatic heterocycles. The summed E-state index contributed by atoms with van der Waals surface area (Å²) in [6.07, 6.45) is 1.58. The molecule has 8 nitrogen and oxygen atoms in total. The number of allylic oxidation sites excluding steroid dienone is 1. The van der Waals surface area contributed by atoms with Crippen molar-refractivity contribution in [3.63, 3.8) is 0 Å². The van der Waals surface area contributed by atoms with Crippen LogP contribution in [0, 0.1) is 0 Å². The first-order chi connectivity index (χ1) is 20.3. The van der Waals surface area contributed by atoms with Gasteiger partial charge in [-0.05, 0) is 59.9 Å². The van der Waals surface area contributed by atoms with E-state index in [0.717, 1.165) is 4.57 Å². The summed E-state index contributed by atoms with van der Waals surface area (Å²) < 4.78 is 46.1. The molecule has 0 bridgehead atoms. The van der Waals surface area contributed by atoms with Gasteiger partial charge in [0.05, 0.1) is 12.2 Å². The first kappa shape index (κ1) is 30.7. The van der Waals surface area contributed by atoms with Crippen LogP contribution in [0.2, 0.25) is 16.6 Å². The number of carbonyl (C=O) groups is 1. The third kappa shape index (κ3) is 4.63. The topological polar surface area (TPSA) is 84.5 Å². The monoisotopic (exact) mass is 611 g/mol. The SMILES string of the molecule is CC(=O)c1ccc(-n2c(=O)n3n(c2=O)C2C(=CC3)C(CF)(CF)Oc3cc(O[Si](C(C)C)(C(C)C)C(C)C)ccc32)cc1. The van der Waals surface area contributed by atoms with E-state index < -0.39 is 44.7 Å². The van der Waals surface area contributed by atoms with Crippen molar-refractivity contribution in [2.45, 2.75) is 83.3 Å². The maximum absolute atomic E-state index is 14.8. The van der Waals surface area contributed by atoms with E-state index in [1.807, 2.05) is 6.07 Å². The lowest BCUT2D eigenvalue weighted by Crippen LogP contribution is -2.52. The van der Waals surface area contributed by atoms with E-state index in [4.69, 9.17) is 9.16 Å². The number of hydrogen-bond acceptors (Lipinski definition) is 5. The van der Waals surface area contributed by atoms with Crippen LogP contribution in [0.1, 0.15) is 70.4 Å². The Morgan fingerprint density at radius 3 is 2.12 bits per heavy atom. The number of ether oxygens (including phenoxy) is 1. The molecule has 3 heterocycles. The zero-order chi connectivity index (χ0) is 31.4. The number of benzene rings is 2. The minimum atomic E-state index is -2.36. The van der Waals surface area contributed by atoms with Crippen LogP contribution in [0.5, 0.6) is 11.5 Å². The van der Waals surface area contributed by atoms with Crippen LogP contribution in [-0.2, 0) is 6.54 Å². The van der Waals surface area contributed by atoms with Crippen LogP contribution in [0.15, 0.2) is 63.7 Å². The lowest BCUT2D eigenvalue weighted by Gasteiger charge is -2.44. The molecule has 0 spiro atoms. The summed E-state index contributed by atoms with van der Waals surface area (Å²) in [4.78, 5) is 39.3. The van der Waals surface area contributed by atoms with Crippen LogP contribution < -0.4 is 20.5 Å². The first-order valence-corrected chi connectivity index (χ1v) is 16.9. The number of halogens is 2. The molecule has 2 aliphatic heterocycles. The predicted octanol–water partition coefficient (Wildman–Crippen LogP) is 6.16. The van der Waals surface area contributed by atoms with Gasteiger partial charge < -0.3 is 9.16 Å². The third-order valence-electron chi connectivity index (χ3n) is 9.16. The Bertz CT molecular complexity index is 1680. The molecule has 0 radical (unpaired) electrons. The van der Waals surface area contributed by atoms with Crippen molar-refractivity contribution in [1.82, 2.24) is 13.9 Å². The molecule has 0 saturated heterocycles. The predicted molar refractivity (Wildman–Crippen MR) is 164 cm³/mol. The van der Waals surface area contributed by atoms with Gasteiger partial charge >= 0.3 is 11.4 Å². The number of carbonyl (C=O) groups excluding carboxylic acids is 1. The molecule has 0 saturated carbocycles. The molecule has 0 amide bonds. The third-order valence-corrected chi connectivity index (χ3v) is 15.2. The van der Waals surface area contributed by atoms with E-state index in [1.165, 1.54) is 28.4 Å². The van der Waals surface area contributed by atoms with Gasteiger partial charge in [-0.15, -0.1) is 0 Å². The van der Waals surface area contributed by atoms with Gasteiger partial charge in [0.25, 0.3) is 8.32 Å². The normalized spacial score (nSPS) is 17.3. The lowest BCUT2D eigenvalue weighted by atomic mass is 9.82. The first-order valence-electron chi connectivity index (χ1n) is 14.7. The minimum Gasteiger partial charge on any atom is -0.543 e. The van der Waals surface area contributed by atoms with Gasteiger partial charge in [0.1, 0.15) is 30.9 Å². The molecule has 1 atom stereocenters. The number of fused-ring (bicyclic) bond motifs is 5. The van der Waals surface area contributed by atoms with E-state index in [1.54, 1.807) is 30.3 Å². The quantitative estimate of drug-likeness (QED) is 0.165. The fraction of sp³-hybridized carbons (Fsp3) is 0.469. The number of rotatable bonds is 9. The molecule has 2 aromatic carbocycles. The minimum absolute atomic E-state index is 0.0641. The number of alkyl halides is 2. The molecule has 11 heteroatoms. The van der Waals surface area contributed by atoms with E-state index in [2.05, 4.69) is 41.5 Å². The molecule has 43 heavy (non-hydrogen) atoms. The molecule has 0 fully saturated rings. The number of Topliss-reactive ketones (excluding diaryl/α,β-unsaturated/α-hetero) is 1. The Labute approximate surface area is 250 Å². The molecule has 1 unspecified atom stereocenters. The molecular formula is C32H39F2N3O5Si. The maximum atomic E-state index is 14.8. The van der Waals surface area contributed by atoms with Crippen molar-refractivity contribution >= 4 is 14.1 Å². The van der Waals surface area contributed by atoms with E-state index >= 15 is 0 Å². The highest BCUT2D eigenvalue weighted by Crippen LogP contribution is 2.49. The highest BCUT2D eigenvalue weighted by Gasteiger charge is 2.51. The Morgan fingerprint density at radius 1 is 0.977 bits per heavy atom. The standard InChI is InChI=1S/C32H39F2N3O5Si/c1-19(2)43(20(3)4,21(5)6)42-25-12-13-26-28(16-25)41-32(17-33,18-34)27-14-15-35-30(39)36(31(40)37(35)29(26)27)24-10-8-23(9-11-24)22(7)38/h8-14,16,19-21,29H,15,17-18H2,1-7H3. The van der Waals surface area contributed by atoms with Gasteiger partial charge in [0.15, 0.2) is 11.4 Å². The van der Waals surface area contributed by atoms with Crippen LogP contribution >= 0.6 is 0 Å². The molecule has 0 N–H and O–H groups in total. The van der Waals surface area contributed by atoms with Crippen molar-refractivity contribution in [3.05, 3.63) is 86.2 Å². The second-order valence-corrected chi connectivity index (χ2v) is 17.9. The highest BCUT2D eigenvalue weighted by atomic mass is 28.4. The van der Waals surface area contributed by atoms with Gasteiger partial charge in [-0.25, -0.2) is 32.3 Å². The van der Waals surface area contributed by atoms with Gasteiger partial charge in [-0.3, -0.25) is 4.79 Å². The molecule has 230 valence electrons. The summed E-state index contributed by atoms with van der Waals surface area (Å²) in [6.45, 7) is 12.1. The Hall–Kier alpha value is -3.73. The average Bonchev–Trinajstić information content (AvgIpc) is 3.23. The Kier molecular flexibility index (Phi) is 7.91. The van der Waals surface area contributed by atoms with Crippen molar-refractivity contribution in [2.75, 3.05) is 13.3 Å². The molecule has 0 aliphatic carbocycles. The summed E-state index contributed by atoms with van der Waals surface area (Å²) in [5.74, 6) is 0.608. The summed E-state index contributed by atoms with van der Waals surface area (Å²) in [5, 5.41) is 0. The maximum Gasteiger partial charge on any atom is 0.352 e. The highest BCUT2D eigenvalue weighted by molar-refractivity contribution is 6.78. The van der Waals surface area contributed by atoms with E-state index in [-0.39, 0.29) is 29.3 Å². The van der Waals surface area contributed by atoms with Crippen LogP contribution in [0.25, 0.3) is 5.69 Å². The van der Waals surface area contributed by atoms with Gasteiger partial charge in [0, 0.05) is 22.8 Å². The van der Waals surface area contributed by atoms with E-state index in [9.17, 15) is 23.2 Å². The Balaban J connectivity index is 1.68. The van der Waals surface area contributed by atoms with Crippen molar-refractivity contribution in [2.24, 2.45) is 0 Å². The molecule has 5 rings (SSSR count). The average molecular weight is 612 g/mol. The zero-order valence-electron chi connectivity index (χ0n) is 25.7. The van der Waals surface area contributed by atoms with Crippen molar-refractivity contribution in [1.29, 1.82) is 0 Å². The second kappa shape index (κ2) is 11.1. The number of hydrogen-bond donors (Lipinski definition) is 0. The lowest BCUT2D eigenvalue weighted by molar-refractivity contribution is 0.0286. The van der Waals surface area contributed by atoms with Gasteiger partial charge in [0.2, 0.25) is 0 Å². The Morgan fingerprint density at radius 2 is 1.58 bits per heavy atom. The van der Waals surface area contributed by atoms with Crippen molar-refractivity contribution in [3.8, 4) is 17.2 Å². The smallest absolute Gasteiger partial charge is 0.352 e. The van der Waals surface area contributed by atoms with Gasteiger partial charge in [-0.2, -0.15) is 0 Å².